The number of nitrogens with two attached hydrogens (primary N) is 1. The van der Waals surface area contributed by atoms with Gasteiger partial charge in [0, 0.05) is 24.0 Å². The van der Waals surface area contributed by atoms with Crippen LogP contribution >= 0.6 is 0 Å². The smallest absolute Gasteiger partial charge is 0.267 e. The lowest BCUT2D eigenvalue weighted by Crippen LogP contribution is -2.29. The van der Waals surface area contributed by atoms with Crippen molar-refractivity contribution in [3.8, 4) is 0 Å². The van der Waals surface area contributed by atoms with Crippen molar-refractivity contribution in [3.63, 3.8) is 0 Å². The summed E-state index contributed by atoms with van der Waals surface area (Å²) >= 11 is 0. The van der Waals surface area contributed by atoms with Crippen LogP contribution in [0.3, 0.4) is 0 Å². The van der Waals surface area contributed by atoms with Crippen LogP contribution in [0.25, 0.3) is 10.9 Å². The summed E-state index contributed by atoms with van der Waals surface area (Å²) < 4.78 is 0. The molecule has 4 heteroatoms. The number of aromatic nitrogens is 1. The van der Waals surface area contributed by atoms with E-state index in [1.54, 1.807) is 0 Å². The zero-order valence-electron chi connectivity index (χ0n) is 8.29. The Labute approximate surface area is 87.5 Å². The minimum absolute atomic E-state index is 0.114. The normalized spacial score (nSPS) is 10.5. The number of fused-ring (bicyclic) bond motifs is 1. The van der Waals surface area contributed by atoms with Gasteiger partial charge in [0.2, 0.25) is 0 Å². The van der Waals surface area contributed by atoms with Crippen LogP contribution in [0.1, 0.15) is 10.5 Å². The minimum Gasteiger partial charge on any atom is -0.351 e. The number of rotatable bonds is 3. The molecule has 0 aliphatic rings. The zero-order chi connectivity index (χ0) is 10.7. The van der Waals surface area contributed by atoms with Crippen LogP contribution in [0.15, 0.2) is 30.3 Å². The molecule has 0 radical (unpaired) electrons. The molecule has 4 N–H and O–H groups in total. The fourth-order valence-corrected chi connectivity index (χ4v) is 1.48. The second-order valence-electron chi connectivity index (χ2n) is 3.31. The number of benzene rings is 1. The first-order valence-electron chi connectivity index (χ1n) is 4.87. The first-order chi connectivity index (χ1) is 7.31. The van der Waals surface area contributed by atoms with Gasteiger partial charge < -0.3 is 16.0 Å². The summed E-state index contributed by atoms with van der Waals surface area (Å²) in [4.78, 5) is 14.6. The highest BCUT2D eigenvalue weighted by molar-refractivity contribution is 5.97. The molecule has 15 heavy (non-hydrogen) atoms. The van der Waals surface area contributed by atoms with Gasteiger partial charge in [-0.25, -0.2) is 0 Å². The summed E-state index contributed by atoms with van der Waals surface area (Å²) in [6, 6.07) is 9.61. The van der Waals surface area contributed by atoms with Crippen molar-refractivity contribution in [1.29, 1.82) is 0 Å². The Hall–Kier alpha value is -1.81. The molecule has 4 nitrogen and oxygen atoms in total. The number of amides is 1. The van der Waals surface area contributed by atoms with Crippen LogP contribution < -0.4 is 11.1 Å². The molecule has 2 aromatic rings. The predicted octanol–water partition coefficient (Wildman–Crippen LogP) is 0.856. The molecule has 0 unspecified atom stereocenters. The van der Waals surface area contributed by atoms with Crippen molar-refractivity contribution in [3.05, 3.63) is 36.0 Å². The standard InChI is InChI=1S/C11H13N3O/c12-5-6-13-11(15)10-7-8-3-1-2-4-9(8)14-10/h1-4,7,14H,5-6,12H2,(H,13,15). The molecule has 78 valence electrons. The monoisotopic (exact) mass is 203 g/mol. The second kappa shape index (κ2) is 4.14. The molecule has 0 aliphatic heterocycles. The minimum atomic E-state index is -0.114. The van der Waals surface area contributed by atoms with Crippen LogP contribution in [-0.2, 0) is 0 Å². The van der Waals surface area contributed by atoms with Gasteiger partial charge in [0.05, 0.1) is 0 Å². The van der Waals surface area contributed by atoms with E-state index < -0.39 is 0 Å². The Morgan fingerprint density at radius 3 is 2.93 bits per heavy atom. The fraction of sp³-hybridized carbons (Fsp3) is 0.182. The maximum atomic E-state index is 11.6. The summed E-state index contributed by atoms with van der Waals surface area (Å²) in [7, 11) is 0. The maximum absolute atomic E-state index is 11.6. The largest absolute Gasteiger partial charge is 0.351 e. The molecule has 0 saturated carbocycles. The van der Waals surface area contributed by atoms with Crippen molar-refractivity contribution in [1.82, 2.24) is 10.3 Å². The average molecular weight is 203 g/mol. The topological polar surface area (TPSA) is 70.9 Å². The highest BCUT2D eigenvalue weighted by Crippen LogP contribution is 2.14. The Balaban J connectivity index is 2.25. The van der Waals surface area contributed by atoms with Gasteiger partial charge in [-0.2, -0.15) is 0 Å². The SMILES string of the molecule is NCCNC(=O)c1cc2ccccc2[nH]1. The van der Waals surface area contributed by atoms with Gasteiger partial charge in [-0.1, -0.05) is 18.2 Å². The molecule has 2 rings (SSSR count). The first-order valence-corrected chi connectivity index (χ1v) is 4.87. The molecule has 0 aliphatic carbocycles. The van der Waals surface area contributed by atoms with Crippen LogP contribution in [0.5, 0.6) is 0 Å². The van der Waals surface area contributed by atoms with E-state index >= 15 is 0 Å². The lowest BCUT2D eigenvalue weighted by atomic mass is 10.2. The number of para-hydroxylation sites is 1. The molecular formula is C11H13N3O. The summed E-state index contributed by atoms with van der Waals surface area (Å²) in [5.41, 5.74) is 6.85. The summed E-state index contributed by atoms with van der Waals surface area (Å²) in [6.45, 7) is 0.945. The Morgan fingerprint density at radius 2 is 2.20 bits per heavy atom. The van der Waals surface area contributed by atoms with Crippen LogP contribution in [-0.4, -0.2) is 24.0 Å². The summed E-state index contributed by atoms with van der Waals surface area (Å²) in [5, 5.41) is 3.75. The second-order valence-corrected chi connectivity index (χ2v) is 3.31. The van der Waals surface area contributed by atoms with Crippen molar-refractivity contribution < 1.29 is 4.79 Å². The lowest BCUT2D eigenvalue weighted by Gasteiger charge is -1.99. The van der Waals surface area contributed by atoms with Crippen molar-refractivity contribution in [2.24, 2.45) is 5.73 Å². The third-order valence-electron chi connectivity index (χ3n) is 2.20. The number of nitrogens with one attached hydrogen (secondary N) is 2. The van der Waals surface area contributed by atoms with Gasteiger partial charge in [-0.05, 0) is 12.1 Å². The van der Waals surface area contributed by atoms with Gasteiger partial charge in [0.1, 0.15) is 5.69 Å². The highest BCUT2D eigenvalue weighted by atomic mass is 16.1. The number of carbonyl (C=O) groups is 1. The molecular weight excluding hydrogens is 190 g/mol. The van der Waals surface area contributed by atoms with E-state index in [2.05, 4.69) is 10.3 Å². The molecule has 0 bridgehead atoms. The van der Waals surface area contributed by atoms with E-state index in [0.29, 0.717) is 18.8 Å². The van der Waals surface area contributed by atoms with Crippen LogP contribution in [0.4, 0.5) is 0 Å². The summed E-state index contributed by atoms with van der Waals surface area (Å²) in [5.74, 6) is -0.114. The van der Waals surface area contributed by atoms with E-state index in [0.717, 1.165) is 10.9 Å². The number of carbonyl (C=O) groups excluding carboxylic acids is 1. The van der Waals surface area contributed by atoms with Gasteiger partial charge in [-0.15, -0.1) is 0 Å². The molecule has 0 spiro atoms. The van der Waals surface area contributed by atoms with Crippen LogP contribution in [0.2, 0.25) is 0 Å². The molecule has 0 saturated heterocycles. The van der Waals surface area contributed by atoms with E-state index in [1.807, 2.05) is 30.3 Å². The Kier molecular flexibility index (Phi) is 2.69. The lowest BCUT2D eigenvalue weighted by molar-refractivity contribution is 0.0950. The number of hydrogen-bond donors (Lipinski definition) is 3. The Morgan fingerprint density at radius 1 is 1.40 bits per heavy atom. The van der Waals surface area contributed by atoms with E-state index in [4.69, 9.17) is 5.73 Å². The van der Waals surface area contributed by atoms with Crippen molar-refractivity contribution in [2.75, 3.05) is 13.1 Å². The molecule has 1 amide bonds. The van der Waals surface area contributed by atoms with Crippen LogP contribution in [0, 0.1) is 0 Å². The zero-order valence-corrected chi connectivity index (χ0v) is 8.29. The van der Waals surface area contributed by atoms with Gasteiger partial charge in [-0.3, -0.25) is 4.79 Å². The highest BCUT2D eigenvalue weighted by Gasteiger charge is 2.07. The average Bonchev–Trinajstić information content (AvgIpc) is 2.69. The third-order valence-corrected chi connectivity index (χ3v) is 2.20. The van der Waals surface area contributed by atoms with E-state index in [-0.39, 0.29) is 5.91 Å². The number of aromatic amines is 1. The fourth-order valence-electron chi connectivity index (χ4n) is 1.48. The predicted molar refractivity (Wildman–Crippen MR) is 59.7 cm³/mol. The first kappa shape index (κ1) is 9.73. The van der Waals surface area contributed by atoms with Gasteiger partial charge in [0.15, 0.2) is 0 Å². The molecule has 1 aromatic carbocycles. The van der Waals surface area contributed by atoms with E-state index in [9.17, 15) is 4.79 Å². The Bertz CT molecular complexity index is 442. The van der Waals surface area contributed by atoms with Crippen molar-refractivity contribution >= 4 is 16.8 Å². The molecule has 0 atom stereocenters. The summed E-state index contributed by atoms with van der Waals surface area (Å²) in [6.07, 6.45) is 0. The molecule has 1 aromatic heterocycles. The maximum Gasteiger partial charge on any atom is 0.267 e. The third kappa shape index (κ3) is 1.99. The van der Waals surface area contributed by atoms with Crippen molar-refractivity contribution in [2.45, 2.75) is 0 Å². The number of hydrogen-bond acceptors (Lipinski definition) is 2. The molecule has 1 heterocycles. The van der Waals surface area contributed by atoms with E-state index in [1.165, 1.54) is 0 Å². The quantitative estimate of drug-likeness (QED) is 0.692. The van der Waals surface area contributed by atoms with Gasteiger partial charge >= 0.3 is 0 Å². The van der Waals surface area contributed by atoms with Gasteiger partial charge in [0.25, 0.3) is 5.91 Å². The number of H-pyrrole nitrogens is 1. The molecule has 0 fully saturated rings.